The Hall–Kier alpha value is -0.340. The summed E-state index contributed by atoms with van der Waals surface area (Å²) in [5.41, 5.74) is 0. The Labute approximate surface area is 80.0 Å². The third-order valence-corrected chi connectivity index (χ3v) is 3.19. The highest BCUT2D eigenvalue weighted by molar-refractivity contribution is 4.99. The van der Waals surface area contributed by atoms with Crippen LogP contribution in [0.1, 0.15) is 38.5 Å². The molecule has 0 aliphatic heterocycles. The van der Waals surface area contributed by atoms with E-state index >= 15 is 0 Å². The molecule has 0 aromatic carbocycles. The van der Waals surface area contributed by atoms with Crippen molar-refractivity contribution in [1.82, 2.24) is 5.32 Å². The third-order valence-electron chi connectivity index (χ3n) is 3.19. The molecule has 2 nitrogen and oxygen atoms in total. The fourth-order valence-electron chi connectivity index (χ4n) is 2.36. The number of nitrogens with one attached hydrogen (secondary N) is 1. The minimum Gasteiger partial charge on any atom is -0.392 e. The Morgan fingerprint density at radius 1 is 1.08 bits per heavy atom. The van der Waals surface area contributed by atoms with Crippen molar-refractivity contribution in [3.63, 3.8) is 0 Å². The zero-order valence-corrected chi connectivity index (χ0v) is 8.08. The topological polar surface area (TPSA) is 32.3 Å². The van der Waals surface area contributed by atoms with E-state index in [2.05, 4.69) is 17.5 Å². The van der Waals surface area contributed by atoms with Crippen molar-refractivity contribution in [2.75, 3.05) is 0 Å². The van der Waals surface area contributed by atoms with E-state index in [1.54, 1.807) is 0 Å². The van der Waals surface area contributed by atoms with Crippen molar-refractivity contribution in [1.29, 1.82) is 0 Å². The lowest BCUT2D eigenvalue weighted by atomic mass is 9.92. The van der Waals surface area contributed by atoms with E-state index in [0.717, 1.165) is 25.7 Å². The number of hydrogen-bond donors (Lipinski definition) is 2. The summed E-state index contributed by atoms with van der Waals surface area (Å²) in [6.45, 7) is 0. The molecule has 74 valence electrons. The van der Waals surface area contributed by atoms with Gasteiger partial charge in [0.05, 0.1) is 6.10 Å². The summed E-state index contributed by atoms with van der Waals surface area (Å²) in [6.07, 6.45) is 11.2. The second-order valence-electron chi connectivity index (χ2n) is 4.26. The molecule has 0 aromatic rings. The Bertz CT molecular complexity index is 183. The number of aliphatic hydroxyl groups excluding tert-OH is 1. The normalized spacial score (nSPS) is 35.5. The molecule has 2 N–H and O–H groups in total. The van der Waals surface area contributed by atoms with Crippen LogP contribution in [0.15, 0.2) is 12.2 Å². The Balaban J connectivity index is 1.78. The van der Waals surface area contributed by atoms with Crippen LogP contribution in [-0.4, -0.2) is 23.3 Å². The predicted octanol–water partition coefficient (Wildman–Crippen LogP) is 1.60. The van der Waals surface area contributed by atoms with Gasteiger partial charge in [0, 0.05) is 12.1 Å². The largest absolute Gasteiger partial charge is 0.392 e. The quantitative estimate of drug-likeness (QED) is 0.634. The predicted molar refractivity (Wildman–Crippen MR) is 53.6 cm³/mol. The van der Waals surface area contributed by atoms with Gasteiger partial charge in [0.25, 0.3) is 0 Å². The summed E-state index contributed by atoms with van der Waals surface area (Å²) in [6, 6.07) is 0.955. The van der Waals surface area contributed by atoms with Gasteiger partial charge in [-0.25, -0.2) is 0 Å². The van der Waals surface area contributed by atoms with Gasteiger partial charge in [-0.15, -0.1) is 0 Å². The summed E-state index contributed by atoms with van der Waals surface area (Å²) in [4.78, 5) is 0. The van der Waals surface area contributed by atoms with E-state index in [1.165, 1.54) is 12.8 Å². The zero-order valence-electron chi connectivity index (χ0n) is 8.08. The van der Waals surface area contributed by atoms with E-state index in [1.807, 2.05) is 0 Å². The average Bonchev–Trinajstić information content (AvgIpc) is 2.61. The summed E-state index contributed by atoms with van der Waals surface area (Å²) >= 11 is 0. The molecule has 2 rings (SSSR count). The molecule has 0 heterocycles. The minimum atomic E-state index is -0.102. The van der Waals surface area contributed by atoms with Crippen LogP contribution in [0.5, 0.6) is 0 Å². The highest BCUT2D eigenvalue weighted by Gasteiger charge is 2.25. The van der Waals surface area contributed by atoms with Gasteiger partial charge >= 0.3 is 0 Å². The number of rotatable bonds is 2. The van der Waals surface area contributed by atoms with Gasteiger partial charge in [-0.05, 0) is 25.7 Å². The highest BCUT2D eigenvalue weighted by Crippen LogP contribution is 2.20. The molecule has 0 amide bonds. The van der Waals surface area contributed by atoms with Crippen LogP contribution >= 0.6 is 0 Å². The summed E-state index contributed by atoms with van der Waals surface area (Å²) < 4.78 is 0. The van der Waals surface area contributed by atoms with Crippen molar-refractivity contribution in [2.45, 2.75) is 56.7 Å². The van der Waals surface area contributed by atoms with Crippen molar-refractivity contribution >= 4 is 0 Å². The Morgan fingerprint density at radius 3 is 2.46 bits per heavy atom. The lowest BCUT2D eigenvalue weighted by Crippen LogP contribution is -2.46. The molecule has 0 saturated heterocycles. The first-order chi connectivity index (χ1) is 6.36. The SMILES string of the molecule is O[C@@H]1CCCC[C@H]1NC1CC=CC1. The molecule has 2 heteroatoms. The van der Waals surface area contributed by atoms with Gasteiger partial charge in [0.1, 0.15) is 0 Å². The summed E-state index contributed by atoms with van der Waals surface area (Å²) in [7, 11) is 0. The van der Waals surface area contributed by atoms with Crippen LogP contribution in [-0.2, 0) is 0 Å². The van der Waals surface area contributed by atoms with Gasteiger partial charge in [-0.1, -0.05) is 25.0 Å². The molecule has 2 atom stereocenters. The first-order valence-corrected chi connectivity index (χ1v) is 5.45. The first-order valence-electron chi connectivity index (χ1n) is 5.45. The lowest BCUT2D eigenvalue weighted by Gasteiger charge is -2.31. The minimum absolute atomic E-state index is 0.102. The molecule has 13 heavy (non-hydrogen) atoms. The molecule has 2 aliphatic rings. The van der Waals surface area contributed by atoms with Gasteiger partial charge in [0.15, 0.2) is 0 Å². The van der Waals surface area contributed by atoms with E-state index in [-0.39, 0.29) is 6.10 Å². The average molecular weight is 181 g/mol. The number of hydrogen-bond acceptors (Lipinski definition) is 2. The molecule has 0 radical (unpaired) electrons. The van der Waals surface area contributed by atoms with Gasteiger partial charge in [-0.2, -0.15) is 0 Å². The third kappa shape index (κ3) is 2.32. The van der Waals surface area contributed by atoms with Gasteiger partial charge in [-0.3, -0.25) is 0 Å². The molecular weight excluding hydrogens is 162 g/mol. The summed E-state index contributed by atoms with van der Waals surface area (Å²) in [5, 5.41) is 13.3. The maximum atomic E-state index is 9.75. The van der Waals surface area contributed by atoms with Crippen LogP contribution in [0.2, 0.25) is 0 Å². The van der Waals surface area contributed by atoms with Crippen molar-refractivity contribution in [2.24, 2.45) is 0 Å². The Kier molecular flexibility index (Phi) is 3.01. The number of aliphatic hydroxyl groups is 1. The van der Waals surface area contributed by atoms with Crippen LogP contribution in [0.3, 0.4) is 0 Å². The monoisotopic (exact) mass is 181 g/mol. The molecule has 0 bridgehead atoms. The van der Waals surface area contributed by atoms with E-state index < -0.39 is 0 Å². The fraction of sp³-hybridized carbons (Fsp3) is 0.818. The van der Waals surface area contributed by atoms with Crippen LogP contribution in [0.25, 0.3) is 0 Å². The van der Waals surface area contributed by atoms with Gasteiger partial charge in [0.2, 0.25) is 0 Å². The molecule has 0 aromatic heterocycles. The van der Waals surface area contributed by atoms with Crippen LogP contribution < -0.4 is 5.32 Å². The molecule has 0 unspecified atom stereocenters. The second-order valence-corrected chi connectivity index (χ2v) is 4.26. The zero-order chi connectivity index (χ0) is 9.10. The molecule has 0 spiro atoms. The van der Waals surface area contributed by atoms with Crippen molar-refractivity contribution < 1.29 is 5.11 Å². The maximum Gasteiger partial charge on any atom is 0.0693 e. The fourth-order valence-corrected chi connectivity index (χ4v) is 2.36. The van der Waals surface area contributed by atoms with E-state index in [4.69, 9.17) is 0 Å². The van der Waals surface area contributed by atoms with Gasteiger partial charge < -0.3 is 10.4 Å². The molecule has 1 fully saturated rings. The highest BCUT2D eigenvalue weighted by atomic mass is 16.3. The van der Waals surface area contributed by atoms with E-state index in [0.29, 0.717) is 12.1 Å². The van der Waals surface area contributed by atoms with Crippen molar-refractivity contribution in [3.8, 4) is 0 Å². The smallest absolute Gasteiger partial charge is 0.0693 e. The molecule has 2 aliphatic carbocycles. The standard InChI is InChI=1S/C11H19NO/c13-11-8-4-3-7-10(11)12-9-5-1-2-6-9/h1-2,9-13H,3-8H2/t10-,11-/m1/s1. The maximum absolute atomic E-state index is 9.75. The first kappa shape index (κ1) is 9.22. The second kappa shape index (κ2) is 4.25. The molecule has 1 saturated carbocycles. The van der Waals surface area contributed by atoms with E-state index in [9.17, 15) is 5.11 Å². The van der Waals surface area contributed by atoms with Crippen LogP contribution in [0.4, 0.5) is 0 Å². The molecular formula is C11H19NO. The summed E-state index contributed by atoms with van der Waals surface area (Å²) in [5.74, 6) is 0. The van der Waals surface area contributed by atoms with Crippen LogP contribution in [0, 0.1) is 0 Å². The lowest BCUT2D eigenvalue weighted by molar-refractivity contribution is 0.0856. The van der Waals surface area contributed by atoms with Crippen molar-refractivity contribution in [3.05, 3.63) is 12.2 Å². The Morgan fingerprint density at radius 2 is 1.77 bits per heavy atom.